The standard InChI is InChI=1S/C11H24N2O2/c1-8(2)9(7-15-6)12-10(14)13-11(3,4)5/h8-9H,7H2,1-6H3,(H2,12,13,14). The molecule has 0 aromatic rings. The average molecular weight is 216 g/mol. The minimum Gasteiger partial charge on any atom is -0.383 e. The molecule has 4 nitrogen and oxygen atoms in total. The van der Waals surface area contributed by atoms with E-state index < -0.39 is 0 Å². The minimum absolute atomic E-state index is 0.0531. The number of hydrogen-bond acceptors (Lipinski definition) is 2. The largest absolute Gasteiger partial charge is 0.383 e. The van der Waals surface area contributed by atoms with Gasteiger partial charge >= 0.3 is 6.03 Å². The molecule has 15 heavy (non-hydrogen) atoms. The van der Waals surface area contributed by atoms with E-state index in [-0.39, 0.29) is 17.6 Å². The molecule has 0 aliphatic rings. The zero-order valence-corrected chi connectivity index (χ0v) is 10.7. The third kappa shape index (κ3) is 7.19. The van der Waals surface area contributed by atoms with Crippen LogP contribution < -0.4 is 10.6 Å². The first-order chi connectivity index (χ1) is 6.76. The van der Waals surface area contributed by atoms with Crippen molar-refractivity contribution < 1.29 is 9.53 Å². The summed E-state index contributed by atoms with van der Waals surface area (Å²) in [6.07, 6.45) is 0. The Morgan fingerprint density at radius 3 is 2.20 bits per heavy atom. The Balaban J connectivity index is 4.11. The number of rotatable bonds is 4. The molecule has 0 saturated heterocycles. The molecule has 1 atom stereocenters. The van der Waals surface area contributed by atoms with E-state index in [9.17, 15) is 4.79 Å². The maximum absolute atomic E-state index is 11.6. The molecule has 2 amide bonds. The summed E-state index contributed by atoms with van der Waals surface area (Å²) in [6, 6.07) is -0.0874. The van der Waals surface area contributed by atoms with Gasteiger partial charge in [0.1, 0.15) is 0 Å². The lowest BCUT2D eigenvalue weighted by Crippen LogP contribution is -2.51. The van der Waals surface area contributed by atoms with Crippen molar-refractivity contribution in [3.63, 3.8) is 0 Å². The van der Waals surface area contributed by atoms with Crippen molar-refractivity contribution in [1.82, 2.24) is 10.6 Å². The second kappa shape index (κ2) is 5.95. The fourth-order valence-corrected chi connectivity index (χ4v) is 1.13. The zero-order valence-electron chi connectivity index (χ0n) is 10.7. The molecule has 0 heterocycles. The van der Waals surface area contributed by atoms with E-state index >= 15 is 0 Å². The predicted molar refractivity (Wildman–Crippen MR) is 61.9 cm³/mol. The third-order valence-corrected chi connectivity index (χ3v) is 1.96. The Morgan fingerprint density at radius 2 is 1.87 bits per heavy atom. The van der Waals surface area contributed by atoms with Gasteiger partial charge in [-0.25, -0.2) is 4.79 Å². The summed E-state index contributed by atoms with van der Waals surface area (Å²) in [5.74, 6) is 0.357. The fourth-order valence-electron chi connectivity index (χ4n) is 1.13. The number of carbonyl (C=O) groups excluding carboxylic acids is 1. The number of nitrogens with one attached hydrogen (secondary N) is 2. The number of urea groups is 1. The molecule has 2 N–H and O–H groups in total. The Morgan fingerprint density at radius 1 is 1.33 bits per heavy atom. The second-order valence-electron chi connectivity index (χ2n) is 5.15. The van der Waals surface area contributed by atoms with Gasteiger partial charge in [0, 0.05) is 12.6 Å². The van der Waals surface area contributed by atoms with Crippen molar-refractivity contribution in [3.05, 3.63) is 0 Å². The van der Waals surface area contributed by atoms with Gasteiger partial charge in [-0.2, -0.15) is 0 Å². The Kier molecular flexibility index (Phi) is 5.65. The maximum Gasteiger partial charge on any atom is 0.315 e. The van der Waals surface area contributed by atoms with E-state index in [2.05, 4.69) is 24.5 Å². The first-order valence-electron chi connectivity index (χ1n) is 5.34. The van der Waals surface area contributed by atoms with Gasteiger partial charge in [0.05, 0.1) is 12.6 Å². The molecule has 4 heteroatoms. The van der Waals surface area contributed by atoms with E-state index in [0.29, 0.717) is 12.5 Å². The van der Waals surface area contributed by atoms with Crippen LogP contribution >= 0.6 is 0 Å². The molecule has 0 aromatic carbocycles. The molecule has 0 spiro atoms. The highest BCUT2D eigenvalue weighted by Gasteiger charge is 2.19. The van der Waals surface area contributed by atoms with Crippen LogP contribution in [-0.2, 0) is 4.74 Å². The van der Waals surface area contributed by atoms with Crippen molar-refractivity contribution in [3.8, 4) is 0 Å². The van der Waals surface area contributed by atoms with Crippen LogP contribution in [0.2, 0.25) is 0 Å². The fraction of sp³-hybridized carbons (Fsp3) is 0.909. The highest BCUT2D eigenvalue weighted by Crippen LogP contribution is 2.03. The Hall–Kier alpha value is -0.770. The molecule has 1 unspecified atom stereocenters. The summed E-state index contributed by atoms with van der Waals surface area (Å²) in [7, 11) is 1.64. The number of hydrogen-bond donors (Lipinski definition) is 2. The van der Waals surface area contributed by atoms with Gasteiger partial charge in [0.2, 0.25) is 0 Å². The van der Waals surface area contributed by atoms with Gasteiger partial charge in [0.25, 0.3) is 0 Å². The third-order valence-electron chi connectivity index (χ3n) is 1.96. The monoisotopic (exact) mass is 216 g/mol. The van der Waals surface area contributed by atoms with E-state index in [4.69, 9.17) is 4.74 Å². The van der Waals surface area contributed by atoms with E-state index in [1.165, 1.54) is 0 Å². The van der Waals surface area contributed by atoms with Crippen molar-refractivity contribution >= 4 is 6.03 Å². The number of amides is 2. The Labute approximate surface area is 92.8 Å². The van der Waals surface area contributed by atoms with E-state index in [0.717, 1.165) is 0 Å². The minimum atomic E-state index is -0.210. The summed E-state index contributed by atoms with van der Waals surface area (Å²) in [5, 5.41) is 5.76. The lowest BCUT2D eigenvalue weighted by Gasteiger charge is -2.26. The molecule has 90 valence electrons. The number of ether oxygens (including phenoxy) is 1. The second-order valence-corrected chi connectivity index (χ2v) is 5.15. The molecule has 0 bridgehead atoms. The van der Waals surface area contributed by atoms with Gasteiger partial charge in [-0.3, -0.25) is 0 Å². The summed E-state index contributed by atoms with van der Waals surface area (Å²) in [6.45, 7) is 10.5. The molecule has 0 radical (unpaired) electrons. The SMILES string of the molecule is COCC(NC(=O)NC(C)(C)C)C(C)C. The molecular weight excluding hydrogens is 192 g/mol. The van der Waals surface area contributed by atoms with Gasteiger partial charge < -0.3 is 15.4 Å². The van der Waals surface area contributed by atoms with Gasteiger partial charge in [-0.1, -0.05) is 13.8 Å². The highest BCUT2D eigenvalue weighted by molar-refractivity contribution is 5.75. The Bertz CT molecular complexity index is 197. The molecular formula is C11H24N2O2. The first-order valence-corrected chi connectivity index (χ1v) is 5.34. The summed E-state index contributed by atoms with van der Waals surface area (Å²) in [5.41, 5.74) is -0.210. The summed E-state index contributed by atoms with van der Waals surface area (Å²) < 4.78 is 5.05. The first kappa shape index (κ1) is 14.2. The summed E-state index contributed by atoms with van der Waals surface area (Å²) in [4.78, 5) is 11.6. The predicted octanol–water partition coefficient (Wildman–Crippen LogP) is 1.76. The van der Waals surface area contributed by atoms with Crippen LogP contribution in [0.25, 0.3) is 0 Å². The van der Waals surface area contributed by atoms with Crippen LogP contribution in [0.5, 0.6) is 0 Å². The smallest absolute Gasteiger partial charge is 0.315 e. The molecule has 0 rings (SSSR count). The van der Waals surface area contributed by atoms with Crippen LogP contribution in [0.4, 0.5) is 4.79 Å². The molecule has 0 aromatic heterocycles. The van der Waals surface area contributed by atoms with Crippen LogP contribution in [-0.4, -0.2) is 31.3 Å². The molecule has 0 aliphatic carbocycles. The van der Waals surface area contributed by atoms with E-state index in [1.807, 2.05) is 20.8 Å². The molecule has 0 fully saturated rings. The van der Waals surface area contributed by atoms with Crippen LogP contribution in [0.3, 0.4) is 0 Å². The normalized spacial score (nSPS) is 13.8. The molecule has 0 saturated carbocycles. The maximum atomic E-state index is 11.6. The van der Waals surface area contributed by atoms with Crippen molar-refractivity contribution in [2.45, 2.75) is 46.2 Å². The van der Waals surface area contributed by atoms with Gasteiger partial charge in [-0.15, -0.1) is 0 Å². The number of carbonyl (C=O) groups is 1. The topological polar surface area (TPSA) is 50.4 Å². The number of methoxy groups -OCH3 is 1. The zero-order chi connectivity index (χ0) is 12.1. The highest BCUT2D eigenvalue weighted by atomic mass is 16.5. The average Bonchev–Trinajstić information content (AvgIpc) is 1.99. The van der Waals surface area contributed by atoms with Crippen molar-refractivity contribution in [2.24, 2.45) is 5.92 Å². The van der Waals surface area contributed by atoms with Gasteiger partial charge in [-0.05, 0) is 26.7 Å². The van der Waals surface area contributed by atoms with Crippen molar-refractivity contribution in [1.29, 1.82) is 0 Å². The van der Waals surface area contributed by atoms with Crippen LogP contribution in [0.1, 0.15) is 34.6 Å². The lowest BCUT2D eigenvalue weighted by molar-refractivity contribution is 0.146. The molecule has 0 aliphatic heterocycles. The summed E-state index contributed by atoms with van der Waals surface area (Å²) >= 11 is 0. The van der Waals surface area contributed by atoms with Crippen molar-refractivity contribution in [2.75, 3.05) is 13.7 Å². The van der Waals surface area contributed by atoms with E-state index in [1.54, 1.807) is 7.11 Å². The van der Waals surface area contributed by atoms with Crippen LogP contribution in [0.15, 0.2) is 0 Å². The van der Waals surface area contributed by atoms with Gasteiger partial charge in [0.15, 0.2) is 0 Å². The quantitative estimate of drug-likeness (QED) is 0.752. The lowest BCUT2D eigenvalue weighted by atomic mass is 10.1. The van der Waals surface area contributed by atoms with Crippen LogP contribution in [0, 0.1) is 5.92 Å².